The standard InChI is InChI=1S/C23H25N7O2/c1-3-32-18-4-19(22-17(7-24)8-28-30(22)13-18)20-9-26-21(10-25-20)29-11-15-5-23(2,27-14-31)6-16(15)12-29/h4,8-10,13-16H,3,5-6,11-12H2,1-2H3,(H,27,31)/t15-,16+,23?. The van der Waals surface area contributed by atoms with Gasteiger partial charge in [0.2, 0.25) is 6.41 Å². The van der Waals surface area contributed by atoms with E-state index in [1.54, 1.807) is 29.3 Å². The summed E-state index contributed by atoms with van der Waals surface area (Å²) in [6.45, 7) is 6.41. The van der Waals surface area contributed by atoms with E-state index in [1.807, 2.05) is 13.0 Å². The van der Waals surface area contributed by atoms with Crippen molar-refractivity contribution < 1.29 is 9.53 Å². The first kappa shape index (κ1) is 20.2. The highest BCUT2D eigenvalue weighted by Crippen LogP contribution is 2.44. The van der Waals surface area contributed by atoms with E-state index in [0.717, 1.165) is 43.7 Å². The molecular formula is C23H25N7O2. The number of nitrogens with zero attached hydrogens (tertiary/aromatic N) is 6. The van der Waals surface area contributed by atoms with Gasteiger partial charge in [-0.15, -0.1) is 0 Å². The molecule has 4 heterocycles. The summed E-state index contributed by atoms with van der Waals surface area (Å²) >= 11 is 0. The zero-order valence-electron chi connectivity index (χ0n) is 18.2. The van der Waals surface area contributed by atoms with Crippen molar-refractivity contribution >= 4 is 17.7 Å². The van der Waals surface area contributed by atoms with Crippen LogP contribution in [0.5, 0.6) is 5.75 Å². The number of hydrogen-bond acceptors (Lipinski definition) is 7. The molecule has 164 valence electrons. The molecule has 2 aliphatic rings. The second kappa shape index (κ2) is 7.79. The summed E-state index contributed by atoms with van der Waals surface area (Å²) in [4.78, 5) is 22.6. The molecule has 0 radical (unpaired) electrons. The van der Waals surface area contributed by atoms with Crippen LogP contribution in [0.25, 0.3) is 16.8 Å². The average molecular weight is 432 g/mol. The number of anilines is 1. The minimum atomic E-state index is -0.0979. The Balaban J connectivity index is 1.41. The number of pyridine rings is 1. The number of rotatable bonds is 6. The average Bonchev–Trinajstić information content (AvgIpc) is 3.45. The Bertz CT molecular complexity index is 1180. The van der Waals surface area contributed by atoms with Gasteiger partial charge in [0.15, 0.2) is 0 Å². The van der Waals surface area contributed by atoms with Gasteiger partial charge < -0.3 is 15.0 Å². The molecule has 3 atom stereocenters. The molecule has 2 fully saturated rings. The van der Waals surface area contributed by atoms with E-state index < -0.39 is 0 Å². The lowest BCUT2D eigenvalue weighted by Gasteiger charge is -2.26. The van der Waals surface area contributed by atoms with E-state index in [0.29, 0.717) is 41.0 Å². The Morgan fingerprint density at radius 3 is 2.69 bits per heavy atom. The molecule has 1 amide bonds. The van der Waals surface area contributed by atoms with Gasteiger partial charge in [-0.3, -0.25) is 9.78 Å². The molecule has 3 aromatic rings. The van der Waals surface area contributed by atoms with Crippen molar-refractivity contribution in [2.24, 2.45) is 11.8 Å². The molecule has 0 bridgehead atoms. The maximum absolute atomic E-state index is 10.9. The molecule has 1 aliphatic carbocycles. The molecular weight excluding hydrogens is 406 g/mol. The summed E-state index contributed by atoms with van der Waals surface area (Å²) in [5.41, 5.74) is 2.50. The van der Waals surface area contributed by atoms with Crippen LogP contribution in [0, 0.1) is 23.2 Å². The van der Waals surface area contributed by atoms with E-state index in [9.17, 15) is 10.1 Å². The fourth-order valence-corrected chi connectivity index (χ4v) is 5.33. The van der Waals surface area contributed by atoms with Gasteiger partial charge in [-0.05, 0) is 44.6 Å². The maximum atomic E-state index is 10.9. The fraction of sp³-hybridized carbons (Fsp3) is 0.435. The second-order valence-electron chi connectivity index (χ2n) is 8.90. The zero-order chi connectivity index (χ0) is 22.3. The summed E-state index contributed by atoms with van der Waals surface area (Å²) in [6.07, 6.45) is 9.65. The van der Waals surface area contributed by atoms with Gasteiger partial charge in [-0.25, -0.2) is 9.50 Å². The number of fused-ring (bicyclic) bond motifs is 2. The van der Waals surface area contributed by atoms with E-state index in [-0.39, 0.29) is 5.54 Å². The molecule has 0 aromatic carbocycles. The number of aromatic nitrogens is 4. The minimum absolute atomic E-state index is 0.0979. The molecule has 32 heavy (non-hydrogen) atoms. The van der Waals surface area contributed by atoms with Gasteiger partial charge in [-0.1, -0.05) is 0 Å². The molecule has 5 rings (SSSR count). The molecule has 1 unspecified atom stereocenters. The summed E-state index contributed by atoms with van der Waals surface area (Å²) in [5, 5.41) is 16.8. The molecule has 1 saturated carbocycles. The number of ether oxygens (including phenoxy) is 1. The predicted octanol–water partition coefficient (Wildman–Crippen LogP) is 2.41. The van der Waals surface area contributed by atoms with Crippen LogP contribution in [0.3, 0.4) is 0 Å². The number of carbonyl (C=O) groups excluding carboxylic acids is 1. The van der Waals surface area contributed by atoms with Crippen LogP contribution < -0.4 is 15.0 Å². The fourth-order valence-electron chi connectivity index (χ4n) is 5.33. The molecule has 9 heteroatoms. The lowest BCUT2D eigenvalue weighted by molar-refractivity contribution is -0.111. The molecule has 1 aliphatic heterocycles. The molecule has 1 N–H and O–H groups in total. The van der Waals surface area contributed by atoms with Gasteiger partial charge in [0.05, 0.1) is 48.2 Å². The lowest BCUT2D eigenvalue weighted by atomic mass is 9.98. The van der Waals surface area contributed by atoms with Crippen LogP contribution >= 0.6 is 0 Å². The molecule has 3 aromatic heterocycles. The topological polar surface area (TPSA) is 108 Å². The maximum Gasteiger partial charge on any atom is 0.207 e. The third-order valence-electron chi connectivity index (χ3n) is 6.67. The Labute approximate surface area is 186 Å². The van der Waals surface area contributed by atoms with Crippen LogP contribution in [0.15, 0.2) is 30.9 Å². The lowest BCUT2D eigenvalue weighted by Crippen LogP contribution is -2.40. The largest absolute Gasteiger partial charge is 0.492 e. The smallest absolute Gasteiger partial charge is 0.207 e. The van der Waals surface area contributed by atoms with Crippen molar-refractivity contribution in [1.82, 2.24) is 24.9 Å². The summed E-state index contributed by atoms with van der Waals surface area (Å²) < 4.78 is 7.33. The van der Waals surface area contributed by atoms with Gasteiger partial charge in [0.25, 0.3) is 0 Å². The summed E-state index contributed by atoms with van der Waals surface area (Å²) in [7, 11) is 0. The van der Waals surface area contributed by atoms with Crippen molar-refractivity contribution in [1.29, 1.82) is 5.26 Å². The number of nitrogens with one attached hydrogen (secondary N) is 1. The van der Waals surface area contributed by atoms with Crippen LogP contribution in [0.1, 0.15) is 32.3 Å². The highest BCUT2D eigenvalue weighted by molar-refractivity contribution is 5.83. The van der Waals surface area contributed by atoms with E-state index in [2.05, 4.69) is 33.3 Å². The quantitative estimate of drug-likeness (QED) is 0.597. The van der Waals surface area contributed by atoms with Gasteiger partial charge in [0, 0.05) is 24.2 Å². The summed E-state index contributed by atoms with van der Waals surface area (Å²) in [6, 6.07) is 4.08. The predicted molar refractivity (Wildman–Crippen MR) is 118 cm³/mol. The highest BCUT2D eigenvalue weighted by Gasteiger charge is 2.46. The highest BCUT2D eigenvalue weighted by atomic mass is 16.5. The van der Waals surface area contributed by atoms with Crippen LogP contribution in [-0.2, 0) is 4.79 Å². The van der Waals surface area contributed by atoms with E-state index in [4.69, 9.17) is 9.72 Å². The third-order valence-corrected chi connectivity index (χ3v) is 6.67. The van der Waals surface area contributed by atoms with Crippen molar-refractivity contribution in [2.45, 2.75) is 32.2 Å². The van der Waals surface area contributed by atoms with Crippen LogP contribution in [0.4, 0.5) is 5.82 Å². The van der Waals surface area contributed by atoms with Gasteiger partial charge in [-0.2, -0.15) is 10.4 Å². The van der Waals surface area contributed by atoms with Crippen molar-refractivity contribution in [2.75, 3.05) is 24.6 Å². The van der Waals surface area contributed by atoms with Crippen LogP contribution in [0.2, 0.25) is 0 Å². The molecule has 1 saturated heterocycles. The van der Waals surface area contributed by atoms with E-state index in [1.165, 1.54) is 0 Å². The molecule has 9 nitrogen and oxygen atoms in total. The minimum Gasteiger partial charge on any atom is -0.492 e. The monoisotopic (exact) mass is 431 g/mol. The van der Waals surface area contributed by atoms with Crippen molar-refractivity contribution in [3.8, 4) is 23.1 Å². The van der Waals surface area contributed by atoms with Gasteiger partial charge in [0.1, 0.15) is 17.6 Å². The Morgan fingerprint density at radius 2 is 2.06 bits per heavy atom. The van der Waals surface area contributed by atoms with Crippen LogP contribution in [-0.4, -0.2) is 51.2 Å². The second-order valence-corrected chi connectivity index (χ2v) is 8.90. The Morgan fingerprint density at radius 1 is 1.28 bits per heavy atom. The number of carbonyl (C=O) groups is 1. The first-order chi connectivity index (χ1) is 15.5. The third kappa shape index (κ3) is 3.42. The van der Waals surface area contributed by atoms with Gasteiger partial charge >= 0.3 is 0 Å². The first-order valence-corrected chi connectivity index (χ1v) is 10.9. The Hall–Kier alpha value is -3.67. The zero-order valence-corrected chi connectivity index (χ0v) is 18.2. The molecule has 0 spiro atoms. The van der Waals surface area contributed by atoms with E-state index >= 15 is 0 Å². The Kier molecular flexibility index (Phi) is 4.93. The number of hydrogen-bond donors (Lipinski definition) is 1. The number of amides is 1. The first-order valence-electron chi connectivity index (χ1n) is 10.9. The normalized spacial score (nSPS) is 24.3. The summed E-state index contributed by atoms with van der Waals surface area (Å²) in [5.74, 6) is 2.59. The van der Waals surface area contributed by atoms with Crippen molar-refractivity contribution in [3.05, 3.63) is 36.4 Å². The number of nitriles is 1. The van der Waals surface area contributed by atoms with Crippen molar-refractivity contribution in [3.63, 3.8) is 0 Å². The SMILES string of the molecule is CCOc1cc(-c2cnc(N3C[C@@H]4CC(C)(NC=O)C[C@@H]4C3)cn2)c2c(C#N)cnn2c1.